The van der Waals surface area contributed by atoms with Crippen molar-refractivity contribution >= 4 is 0 Å². The van der Waals surface area contributed by atoms with Crippen molar-refractivity contribution < 1.29 is 0 Å². The Kier molecular flexibility index (Phi) is 5.93. The Morgan fingerprint density at radius 1 is 1.08 bits per heavy atom. The zero-order valence-electron chi connectivity index (χ0n) is 8.33. The summed E-state index contributed by atoms with van der Waals surface area (Å²) >= 11 is 0. The van der Waals surface area contributed by atoms with Crippen LogP contribution in [-0.2, 0) is 0 Å². The highest BCUT2D eigenvalue weighted by molar-refractivity contribution is 4.98. The zero-order valence-corrected chi connectivity index (χ0v) is 8.33. The minimum Gasteiger partial charge on any atom is -0.328 e. The van der Waals surface area contributed by atoms with Gasteiger partial charge in [0.1, 0.15) is 0 Å². The maximum Gasteiger partial charge on any atom is 0.0670 e. The third-order valence-corrected chi connectivity index (χ3v) is 2.34. The van der Waals surface area contributed by atoms with Crippen molar-refractivity contribution in [2.45, 2.75) is 39.2 Å². The normalized spacial score (nSPS) is 16.7. The molecule has 3 heteroatoms. The van der Waals surface area contributed by atoms with Crippen LogP contribution < -0.4 is 5.73 Å². The van der Waals surface area contributed by atoms with Gasteiger partial charge in [0.2, 0.25) is 0 Å². The molecule has 0 fully saturated rings. The van der Waals surface area contributed by atoms with Gasteiger partial charge in [-0.15, -0.1) is 0 Å². The van der Waals surface area contributed by atoms with Crippen LogP contribution in [0.15, 0.2) is 0 Å². The SMILES string of the molecule is CCC(C#N)C(C#N)C[C@H](N)CC. The number of hydrogen-bond acceptors (Lipinski definition) is 3. The zero-order chi connectivity index (χ0) is 10.3. The van der Waals surface area contributed by atoms with Crippen molar-refractivity contribution in [1.29, 1.82) is 10.5 Å². The predicted molar refractivity (Wildman–Crippen MR) is 51.4 cm³/mol. The Bertz CT molecular complexity index is 211. The van der Waals surface area contributed by atoms with Gasteiger partial charge in [0.15, 0.2) is 0 Å². The van der Waals surface area contributed by atoms with Crippen LogP contribution in [0.1, 0.15) is 33.1 Å². The smallest absolute Gasteiger partial charge is 0.0670 e. The summed E-state index contributed by atoms with van der Waals surface area (Å²) in [6.07, 6.45) is 2.23. The van der Waals surface area contributed by atoms with Crippen LogP contribution >= 0.6 is 0 Å². The lowest BCUT2D eigenvalue weighted by Crippen LogP contribution is -2.25. The highest BCUT2D eigenvalue weighted by Crippen LogP contribution is 2.19. The van der Waals surface area contributed by atoms with Gasteiger partial charge in [0.05, 0.1) is 24.0 Å². The fourth-order valence-electron chi connectivity index (χ4n) is 1.27. The lowest BCUT2D eigenvalue weighted by molar-refractivity contribution is 0.408. The van der Waals surface area contributed by atoms with Crippen LogP contribution in [0.25, 0.3) is 0 Å². The highest BCUT2D eigenvalue weighted by Gasteiger charge is 2.21. The van der Waals surface area contributed by atoms with E-state index in [0.29, 0.717) is 6.42 Å². The molecule has 2 unspecified atom stereocenters. The average molecular weight is 179 g/mol. The van der Waals surface area contributed by atoms with E-state index >= 15 is 0 Å². The van der Waals surface area contributed by atoms with Gasteiger partial charge in [-0.2, -0.15) is 10.5 Å². The lowest BCUT2D eigenvalue weighted by atomic mass is 9.87. The molecule has 0 amide bonds. The first-order valence-corrected chi connectivity index (χ1v) is 4.74. The van der Waals surface area contributed by atoms with Gasteiger partial charge in [0.25, 0.3) is 0 Å². The molecule has 3 nitrogen and oxygen atoms in total. The average Bonchev–Trinajstić information content (AvgIpc) is 2.17. The van der Waals surface area contributed by atoms with Crippen LogP contribution in [0, 0.1) is 34.5 Å². The van der Waals surface area contributed by atoms with Crippen molar-refractivity contribution in [1.82, 2.24) is 0 Å². The second-order valence-corrected chi connectivity index (χ2v) is 3.28. The molecule has 0 aliphatic carbocycles. The summed E-state index contributed by atoms with van der Waals surface area (Å²) in [5, 5.41) is 17.6. The van der Waals surface area contributed by atoms with E-state index in [1.807, 2.05) is 13.8 Å². The van der Waals surface area contributed by atoms with E-state index in [-0.39, 0.29) is 17.9 Å². The molecule has 0 saturated heterocycles. The summed E-state index contributed by atoms with van der Waals surface area (Å²) in [5.74, 6) is -0.368. The standard InChI is InChI=1S/C10H17N3/c1-3-8(6-11)9(7-12)5-10(13)4-2/h8-10H,3-5,13H2,1-2H3/t8?,9?,10-/m1/s1. The number of nitrogens with zero attached hydrogens (tertiary/aromatic N) is 2. The first kappa shape index (κ1) is 11.9. The van der Waals surface area contributed by atoms with Crippen LogP contribution in [0.2, 0.25) is 0 Å². The van der Waals surface area contributed by atoms with Crippen LogP contribution in [-0.4, -0.2) is 6.04 Å². The minimum atomic E-state index is -0.204. The molecule has 0 spiro atoms. The van der Waals surface area contributed by atoms with Crippen LogP contribution in [0.5, 0.6) is 0 Å². The maximum atomic E-state index is 8.85. The fraction of sp³-hybridized carbons (Fsp3) is 0.800. The van der Waals surface area contributed by atoms with E-state index in [9.17, 15) is 0 Å². The molecule has 0 aromatic rings. The van der Waals surface area contributed by atoms with E-state index in [4.69, 9.17) is 16.3 Å². The van der Waals surface area contributed by atoms with Gasteiger partial charge in [-0.25, -0.2) is 0 Å². The van der Waals surface area contributed by atoms with Gasteiger partial charge in [-0.05, 0) is 19.3 Å². The number of nitrogens with two attached hydrogens (primary N) is 1. The van der Waals surface area contributed by atoms with Gasteiger partial charge in [-0.1, -0.05) is 13.8 Å². The molecule has 0 rings (SSSR count). The topological polar surface area (TPSA) is 73.6 Å². The quantitative estimate of drug-likeness (QED) is 0.699. The van der Waals surface area contributed by atoms with E-state index in [1.165, 1.54) is 0 Å². The third kappa shape index (κ3) is 3.92. The van der Waals surface area contributed by atoms with Crippen molar-refractivity contribution in [3.8, 4) is 12.1 Å². The van der Waals surface area contributed by atoms with E-state index < -0.39 is 0 Å². The summed E-state index contributed by atoms with van der Waals surface area (Å²) in [6, 6.07) is 4.37. The number of hydrogen-bond donors (Lipinski definition) is 1. The molecule has 72 valence electrons. The molecule has 0 aliphatic rings. The maximum absolute atomic E-state index is 8.85. The molecule has 0 saturated carbocycles. The van der Waals surface area contributed by atoms with Crippen LogP contribution in [0.4, 0.5) is 0 Å². The Labute approximate surface area is 80.1 Å². The first-order chi connectivity index (χ1) is 6.19. The lowest BCUT2D eigenvalue weighted by Gasteiger charge is -2.16. The molecular formula is C10H17N3. The van der Waals surface area contributed by atoms with Gasteiger partial charge in [-0.3, -0.25) is 0 Å². The van der Waals surface area contributed by atoms with Gasteiger partial charge >= 0.3 is 0 Å². The fourth-order valence-corrected chi connectivity index (χ4v) is 1.27. The summed E-state index contributed by atoms with van der Waals surface area (Å²) in [5.41, 5.74) is 5.74. The summed E-state index contributed by atoms with van der Waals surface area (Å²) < 4.78 is 0. The summed E-state index contributed by atoms with van der Waals surface area (Å²) in [4.78, 5) is 0. The predicted octanol–water partition coefficient (Wildman–Crippen LogP) is 1.80. The Balaban J connectivity index is 4.19. The highest BCUT2D eigenvalue weighted by atomic mass is 14.6. The number of rotatable bonds is 5. The molecule has 0 aromatic carbocycles. The summed E-state index contributed by atoms with van der Waals surface area (Å²) in [6.45, 7) is 3.92. The Morgan fingerprint density at radius 2 is 1.62 bits per heavy atom. The second kappa shape index (κ2) is 6.46. The molecule has 2 N–H and O–H groups in total. The second-order valence-electron chi connectivity index (χ2n) is 3.28. The largest absolute Gasteiger partial charge is 0.328 e. The minimum absolute atomic E-state index is 0.0482. The van der Waals surface area contributed by atoms with Crippen molar-refractivity contribution in [3.63, 3.8) is 0 Å². The molecule has 0 aliphatic heterocycles. The van der Waals surface area contributed by atoms with Crippen LogP contribution in [0.3, 0.4) is 0 Å². The van der Waals surface area contributed by atoms with E-state index in [2.05, 4.69) is 12.1 Å². The summed E-state index contributed by atoms with van der Waals surface area (Å²) in [7, 11) is 0. The van der Waals surface area contributed by atoms with E-state index in [0.717, 1.165) is 12.8 Å². The molecule has 0 radical (unpaired) electrons. The molecule has 3 atom stereocenters. The monoisotopic (exact) mass is 179 g/mol. The van der Waals surface area contributed by atoms with Gasteiger partial charge < -0.3 is 5.73 Å². The van der Waals surface area contributed by atoms with Crippen molar-refractivity contribution in [2.24, 2.45) is 17.6 Å². The molecule has 0 heterocycles. The van der Waals surface area contributed by atoms with Gasteiger partial charge in [0, 0.05) is 6.04 Å². The molecule has 0 aromatic heterocycles. The first-order valence-electron chi connectivity index (χ1n) is 4.74. The number of nitriles is 2. The van der Waals surface area contributed by atoms with Crippen molar-refractivity contribution in [3.05, 3.63) is 0 Å². The van der Waals surface area contributed by atoms with Crippen molar-refractivity contribution in [2.75, 3.05) is 0 Å². The molecule has 0 bridgehead atoms. The Morgan fingerprint density at radius 3 is 1.92 bits per heavy atom. The Hall–Kier alpha value is -1.06. The van der Waals surface area contributed by atoms with E-state index in [1.54, 1.807) is 0 Å². The molecule has 13 heavy (non-hydrogen) atoms. The molecular weight excluding hydrogens is 162 g/mol. The third-order valence-electron chi connectivity index (χ3n) is 2.34.